The van der Waals surface area contributed by atoms with Crippen molar-refractivity contribution < 1.29 is 28.2 Å². The van der Waals surface area contributed by atoms with Crippen LogP contribution in [0.5, 0.6) is 0 Å². The van der Waals surface area contributed by atoms with E-state index in [9.17, 15) is 28.2 Å². The second-order valence-corrected chi connectivity index (χ2v) is 6.67. The summed E-state index contributed by atoms with van der Waals surface area (Å²) in [6.07, 6.45) is -2.25. The van der Waals surface area contributed by atoms with Crippen LogP contribution in [0.2, 0.25) is 0 Å². The standard InChI is InChI=1S/C13H15F3O3S2/c1-8(17)20-6-5-11(18)12(19)9-3-2-4-10(7-9)21-13(14,15)16/h2-4,7,11-12,18-19H,5-6H2,1H3. The summed E-state index contributed by atoms with van der Waals surface area (Å²) < 4.78 is 36.9. The van der Waals surface area contributed by atoms with Crippen LogP contribution in [0.1, 0.15) is 25.0 Å². The number of halogens is 3. The van der Waals surface area contributed by atoms with Crippen molar-refractivity contribution in [2.24, 2.45) is 0 Å². The molecule has 2 unspecified atom stereocenters. The van der Waals surface area contributed by atoms with Gasteiger partial charge in [-0.25, -0.2) is 0 Å². The lowest BCUT2D eigenvalue weighted by molar-refractivity contribution is -0.109. The maximum absolute atomic E-state index is 12.3. The van der Waals surface area contributed by atoms with E-state index in [1.165, 1.54) is 31.2 Å². The van der Waals surface area contributed by atoms with E-state index in [0.29, 0.717) is 5.75 Å². The summed E-state index contributed by atoms with van der Waals surface area (Å²) in [6, 6.07) is 5.33. The normalized spacial score (nSPS) is 14.8. The van der Waals surface area contributed by atoms with Gasteiger partial charge in [-0.15, -0.1) is 0 Å². The minimum absolute atomic E-state index is 0.0515. The molecule has 2 N–H and O–H groups in total. The summed E-state index contributed by atoms with van der Waals surface area (Å²) in [7, 11) is 0. The van der Waals surface area contributed by atoms with Crippen LogP contribution in [0.15, 0.2) is 29.2 Å². The molecule has 3 nitrogen and oxygen atoms in total. The van der Waals surface area contributed by atoms with E-state index in [0.717, 1.165) is 11.8 Å². The maximum Gasteiger partial charge on any atom is 0.446 e. The number of hydrogen-bond donors (Lipinski definition) is 2. The van der Waals surface area contributed by atoms with Gasteiger partial charge >= 0.3 is 5.51 Å². The molecule has 8 heteroatoms. The highest BCUT2D eigenvalue weighted by molar-refractivity contribution is 8.13. The summed E-state index contributed by atoms with van der Waals surface area (Å²) in [5, 5.41) is 19.6. The first-order chi connectivity index (χ1) is 9.69. The zero-order valence-electron chi connectivity index (χ0n) is 11.1. The molecule has 0 aliphatic carbocycles. The van der Waals surface area contributed by atoms with Crippen LogP contribution in [0, 0.1) is 0 Å². The molecule has 21 heavy (non-hydrogen) atoms. The summed E-state index contributed by atoms with van der Waals surface area (Å²) in [5.41, 5.74) is -4.19. The zero-order valence-corrected chi connectivity index (χ0v) is 12.8. The third kappa shape index (κ3) is 7.21. The van der Waals surface area contributed by atoms with Gasteiger partial charge in [0.1, 0.15) is 6.10 Å². The Morgan fingerprint density at radius 2 is 2.00 bits per heavy atom. The van der Waals surface area contributed by atoms with E-state index in [-0.39, 0.29) is 33.8 Å². The molecule has 1 rings (SSSR count). The molecule has 0 fully saturated rings. The second-order valence-electron chi connectivity index (χ2n) is 4.26. The lowest BCUT2D eigenvalue weighted by Gasteiger charge is -2.18. The molecule has 0 radical (unpaired) electrons. The van der Waals surface area contributed by atoms with E-state index in [2.05, 4.69) is 0 Å². The SMILES string of the molecule is CC(=O)SCCC(O)C(O)c1cccc(SC(F)(F)F)c1. The van der Waals surface area contributed by atoms with Crippen LogP contribution >= 0.6 is 23.5 Å². The molecule has 0 bridgehead atoms. The minimum Gasteiger partial charge on any atom is -0.390 e. The molecule has 1 aromatic carbocycles. The Kier molecular flexibility index (Phi) is 7.05. The first kappa shape index (κ1) is 18.3. The van der Waals surface area contributed by atoms with Gasteiger partial charge in [-0.2, -0.15) is 13.2 Å². The second kappa shape index (κ2) is 8.07. The number of carbonyl (C=O) groups is 1. The van der Waals surface area contributed by atoms with Crippen molar-refractivity contribution in [1.82, 2.24) is 0 Å². The predicted octanol–water partition coefficient (Wildman–Crippen LogP) is 3.36. The van der Waals surface area contributed by atoms with Crippen molar-refractivity contribution >= 4 is 28.6 Å². The largest absolute Gasteiger partial charge is 0.446 e. The molecule has 0 aromatic heterocycles. The first-order valence-electron chi connectivity index (χ1n) is 6.04. The molecule has 1 aromatic rings. The van der Waals surface area contributed by atoms with Gasteiger partial charge in [-0.1, -0.05) is 23.9 Å². The molecular weight excluding hydrogens is 325 g/mol. The highest BCUT2D eigenvalue weighted by Crippen LogP contribution is 2.37. The molecule has 0 saturated heterocycles. The third-order valence-corrected chi connectivity index (χ3v) is 4.08. The van der Waals surface area contributed by atoms with Crippen LogP contribution in [-0.4, -0.2) is 32.7 Å². The quantitative estimate of drug-likeness (QED) is 0.778. The minimum atomic E-state index is -4.40. The number of thioether (sulfide) groups is 2. The number of rotatable bonds is 6. The molecular formula is C13H15F3O3S2. The number of carbonyl (C=O) groups excluding carboxylic acids is 1. The molecule has 0 spiro atoms. The van der Waals surface area contributed by atoms with E-state index >= 15 is 0 Å². The summed E-state index contributed by atoms with van der Waals surface area (Å²) in [6.45, 7) is 1.39. The fourth-order valence-electron chi connectivity index (χ4n) is 1.60. The number of alkyl halides is 3. The number of benzene rings is 1. The Labute approximate surface area is 128 Å². The molecule has 0 heterocycles. The van der Waals surface area contributed by atoms with E-state index in [1.54, 1.807) is 0 Å². The lowest BCUT2D eigenvalue weighted by Crippen LogP contribution is -2.19. The highest BCUT2D eigenvalue weighted by atomic mass is 32.2. The predicted molar refractivity (Wildman–Crippen MR) is 77.1 cm³/mol. The summed E-state index contributed by atoms with van der Waals surface area (Å²) in [4.78, 5) is 10.7. The Bertz CT molecular complexity index is 480. The van der Waals surface area contributed by atoms with Crippen molar-refractivity contribution in [1.29, 1.82) is 0 Å². The number of hydrogen-bond acceptors (Lipinski definition) is 5. The van der Waals surface area contributed by atoms with Crippen molar-refractivity contribution in [3.8, 4) is 0 Å². The molecule has 0 aliphatic rings. The highest BCUT2D eigenvalue weighted by Gasteiger charge is 2.29. The number of aliphatic hydroxyl groups is 2. The van der Waals surface area contributed by atoms with Crippen LogP contribution in [0.3, 0.4) is 0 Å². The van der Waals surface area contributed by atoms with E-state index in [4.69, 9.17) is 0 Å². The van der Waals surface area contributed by atoms with Gasteiger partial charge < -0.3 is 10.2 Å². The van der Waals surface area contributed by atoms with Gasteiger partial charge in [0, 0.05) is 17.6 Å². The maximum atomic E-state index is 12.3. The molecule has 0 saturated carbocycles. The fraction of sp³-hybridized carbons (Fsp3) is 0.462. The van der Waals surface area contributed by atoms with Gasteiger partial charge in [-0.3, -0.25) is 4.79 Å². The lowest BCUT2D eigenvalue weighted by atomic mass is 10.0. The summed E-state index contributed by atoms with van der Waals surface area (Å²) in [5.74, 6) is 0.338. The van der Waals surface area contributed by atoms with Gasteiger partial charge in [0.15, 0.2) is 5.12 Å². The first-order valence-corrected chi connectivity index (χ1v) is 7.84. The van der Waals surface area contributed by atoms with Crippen molar-refractivity contribution in [3.05, 3.63) is 29.8 Å². The van der Waals surface area contributed by atoms with Crippen LogP contribution in [-0.2, 0) is 4.79 Å². The van der Waals surface area contributed by atoms with Gasteiger partial charge in [-0.05, 0) is 35.9 Å². The van der Waals surface area contributed by atoms with Crippen molar-refractivity contribution in [2.45, 2.75) is 36.0 Å². The van der Waals surface area contributed by atoms with Crippen molar-refractivity contribution in [2.75, 3.05) is 5.75 Å². The van der Waals surface area contributed by atoms with Gasteiger partial charge in [0.25, 0.3) is 0 Å². The van der Waals surface area contributed by atoms with E-state index in [1.807, 2.05) is 0 Å². The molecule has 0 amide bonds. The van der Waals surface area contributed by atoms with Crippen LogP contribution in [0.25, 0.3) is 0 Å². The van der Waals surface area contributed by atoms with Gasteiger partial charge in [0.05, 0.1) is 6.10 Å². The number of aliphatic hydroxyl groups excluding tert-OH is 2. The zero-order chi connectivity index (χ0) is 16.0. The molecule has 2 atom stereocenters. The third-order valence-electron chi connectivity index (χ3n) is 2.52. The van der Waals surface area contributed by atoms with E-state index < -0.39 is 17.7 Å². The smallest absolute Gasteiger partial charge is 0.390 e. The topological polar surface area (TPSA) is 57.5 Å². The Morgan fingerprint density at radius 1 is 1.33 bits per heavy atom. The average Bonchev–Trinajstić information content (AvgIpc) is 2.35. The summed E-state index contributed by atoms with van der Waals surface area (Å²) >= 11 is 0.745. The Hall–Kier alpha value is -0.700. The van der Waals surface area contributed by atoms with Crippen LogP contribution in [0.4, 0.5) is 13.2 Å². The fourth-order valence-corrected chi connectivity index (χ4v) is 2.85. The monoisotopic (exact) mass is 340 g/mol. The van der Waals surface area contributed by atoms with Gasteiger partial charge in [0.2, 0.25) is 0 Å². The molecule has 0 aliphatic heterocycles. The molecule has 118 valence electrons. The van der Waals surface area contributed by atoms with Crippen LogP contribution < -0.4 is 0 Å². The Morgan fingerprint density at radius 3 is 2.57 bits per heavy atom. The average molecular weight is 340 g/mol. The Balaban J connectivity index is 2.66. The van der Waals surface area contributed by atoms with Crippen molar-refractivity contribution in [3.63, 3.8) is 0 Å².